The van der Waals surface area contributed by atoms with Crippen molar-refractivity contribution in [2.75, 3.05) is 0 Å². The molecule has 0 saturated carbocycles. The Morgan fingerprint density at radius 3 is 2.05 bits per heavy atom. The van der Waals surface area contributed by atoms with Gasteiger partial charge in [-0.3, -0.25) is 9.59 Å². The zero-order valence-electron chi connectivity index (χ0n) is 10.9. The van der Waals surface area contributed by atoms with Crippen LogP contribution in [0.1, 0.15) is 42.5 Å². The molecule has 0 radical (unpaired) electrons. The van der Waals surface area contributed by atoms with Gasteiger partial charge in [-0.15, -0.1) is 0 Å². The molecule has 6 heteroatoms. The summed E-state index contributed by atoms with van der Waals surface area (Å²) in [6.45, 7) is 0. The Morgan fingerprint density at radius 2 is 1.50 bits per heavy atom. The molecule has 0 heterocycles. The minimum atomic E-state index is -1.04. The van der Waals surface area contributed by atoms with Gasteiger partial charge in [-0.25, -0.2) is 4.79 Å². The lowest BCUT2D eigenvalue weighted by molar-refractivity contribution is -0.137. The summed E-state index contributed by atoms with van der Waals surface area (Å²) in [5, 5.41) is 17.2. The fraction of sp³-hybridized carbons (Fsp3) is 0.357. The van der Waals surface area contributed by atoms with E-state index in [1.165, 1.54) is 24.3 Å². The predicted octanol–water partition coefficient (Wildman–Crippen LogP) is 2.33. The molecule has 0 aliphatic heterocycles. The molecule has 6 nitrogen and oxygen atoms in total. The molecule has 0 spiro atoms. The number of aromatic carboxylic acids is 1. The minimum Gasteiger partial charge on any atom is -0.481 e. The van der Waals surface area contributed by atoms with Crippen molar-refractivity contribution in [1.29, 1.82) is 0 Å². The van der Waals surface area contributed by atoms with Gasteiger partial charge in [-0.05, 0) is 37.1 Å². The fourth-order valence-corrected chi connectivity index (χ4v) is 1.57. The van der Waals surface area contributed by atoms with Crippen LogP contribution in [0.25, 0.3) is 0 Å². The zero-order valence-corrected chi connectivity index (χ0v) is 10.9. The monoisotopic (exact) mass is 280 g/mol. The number of rotatable bonds is 8. The first-order valence-electron chi connectivity index (χ1n) is 6.25. The normalized spacial score (nSPS) is 10.0. The molecule has 0 unspecified atom stereocenters. The molecule has 2 N–H and O–H groups in total. The molecule has 0 aliphatic rings. The van der Waals surface area contributed by atoms with Gasteiger partial charge in [-0.1, -0.05) is 6.42 Å². The topological polar surface area (TPSA) is 101 Å². The lowest BCUT2D eigenvalue weighted by Crippen LogP contribution is -2.08. The van der Waals surface area contributed by atoms with Crippen molar-refractivity contribution in [3.8, 4) is 5.75 Å². The van der Waals surface area contributed by atoms with E-state index in [1.54, 1.807) is 0 Å². The van der Waals surface area contributed by atoms with Crippen LogP contribution in [0.5, 0.6) is 5.75 Å². The molecule has 0 bridgehead atoms. The molecule has 1 aromatic rings. The highest BCUT2D eigenvalue weighted by Crippen LogP contribution is 2.14. The largest absolute Gasteiger partial charge is 0.481 e. The van der Waals surface area contributed by atoms with Crippen LogP contribution < -0.4 is 4.74 Å². The van der Waals surface area contributed by atoms with Gasteiger partial charge in [0.1, 0.15) is 5.75 Å². The maximum absolute atomic E-state index is 11.5. The van der Waals surface area contributed by atoms with Crippen LogP contribution in [0.4, 0.5) is 0 Å². The highest BCUT2D eigenvalue weighted by molar-refractivity contribution is 5.87. The Bertz CT molecular complexity index is 477. The number of carboxylic acid groups (broad SMARTS) is 2. The van der Waals surface area contributed by atoms with Crippen molar-refractivity contribution in [3.05, 3.63) is 29.8 Å². The van der Waals surface area contributed by atoms with Crippen LogP contribution in [0.3, 0.4) is 0 Å². The van der Waals surface area contributed by atoms with E-state index in [0.717, 1.165) is 0 Å². The molecule has 0 fully saturated rings. The van der Waals surface area contributed by atoms with Crippen LogP contribution >= 0.6 is 0 Å². The van der Waals surface area contributed by atoms with Crippen LogP contribution in [0.15, 0.2) is 24.3 Å². The second kappa shape index (κ2) is 7.93. The zero-order chi connectivity index (χ0) is 15.0. The molecule has 108 valence electrons. The first kappa shape index (κ1) is 15.7. The minimum absolute atomic E-state index is 0.103. The molecule has 0 amide bonds. The number of benzene rings is 1. The van der Waals surface area contributed by atoms with Crippen LogP contribution in [0, 0.1) is 0 Å². The number of unbranched alkanes of at least 4 members (excludes halogenated alkanes) is 2. The summed E-state index contributed by atoms with van der Waals surface area (Å²) in [4.78, 5) is 32.4. The summed E-state index contributed by atoms with van der Waals surface area (Å²) in [5.41, 5.74) is 0.124. The third kappa shape index (κ3) is 5.99. The van der Waals surface area contributed by atoms with Crippen molar-refractivity contribution >= 4 is 17.9 Å². The summed E-state index contributed by atoms with van der Waals surface area (Å²) in [6.07, 6.45) is 2.07. The highest BCUT2D eigenvalue weighted by atomic mass is 16.5. The fourth-order valence-electron chi connectivity index (χ4n) is 1.57. The summed E-state index contributed by atoms with van der Waals surface area (Å²) in [7, 11) is 0. The van der Waals surface area contributed by atoms with Gasteiger partial charge >= 0.3 is 17.9 Å². The van der Waals surface area contributed by atoms with Crippen molar-refractivity contribution in [1.82, 2.24) is 0 Å². The number of carbonyl (C=O) groups excluding carboxylic acids is 1. The van der Waals surface area contributed by atoms with E-state index in [1.807, 2.05) is 0 Å². The van der Waals surface area contributed by atoms with E-state index in [4.69, 9.17) is 14.9 Å². The molecular formula is C14H16O6. The molecule has 0 aromatic heterocycles. The average Bonchev–Trinajstić information content (AvgIpc) is 2.38. The van der Waals surface area contributed by atoms with Crippen molar-refractivity contribution in [2.24, 2.45) is 0 Å². The Kier molecular flexibility index (Phi) is 6.22. The quantitative estimate of drug-likeness (QED) is 0.430. The van der Waals surface area contributed by atoms with Crippen molar-refractivity contribution in [3.63, 3.8) is 0 Å². The van der Waals surface area contributed by atoms with Gasteiger partial charge in [-0.2, -0.15) is 0 Å². The lowest BCUT2D eigenvalue weighted by atomic mass is 10.1. The second-order valence-corrected chi connectivity index (χ2v) is 4.26. The average molecular weight is 280 g/mol. The van der Waals surface area contributed by atoms with E-state index in [-0.39, 0.29) is 18.4 Å². The van der Waals surface area contributed by atoms with E-state index in [2.05, 4.69) is 0 Å². The number of carbonyl (C=O) groups is 3. The van der Waals surface area contributed by atoms with Crippen LogP contribution in [-0.4, -0.2) is 28.1 Å². The number of esters is 1. The van der Waals surface area contributed by atoms with E-state index in [0.29, 0.717) is 25.0 Å². The molecule has 0 saturated heterocycles. The number of hydrogen-bond donors (Lipinski definition) is 2. The number of aliphatic carboxylic acids is 1. The molecule has 0 atom stereocenters. The number of ether oxygens (including phenoxy) is 1. The molecule has 1 rings (SSSR count). The van der Waals surface area contributed by atoms with Gasteiger partial charge in [0.05, 0.1) is 5.56 Å². The molecule has 1 aromatic carbocycles. The third-order valence-electron chi connectivity index (χ3n) is 2.60. The van der Waals surface area contributed by atoms with Gasteiger partial charge in [0.25, 0.3) is 0 Å². The molecule has 20 heavy (non-hydrogen) atoms. The lowest BCUT2D eigenvalue weighted by Gasteiger charge is -2.04. The first-order chi connectivity index (χ1) is 9.49. The number of hydrogen-bond acceptors (Lipinski definition) is 4. The Hall–Kier alpha value is -2.37. The second-order valence-electron chi connectivity index (χ2n) is 4.26. The third-order valence-corrected chi connectivity index (χ3v) is 2.60. The number of carboxylic acids is 2. The van der Waals surface area contributed by atoms with Crippen molar-refractivity contribution < 1.29 is 29.3 Å². The molecule has 0 aliphatic carbocycles. The summed E-state index contributed by atoms with van der Waals surface area (Å²) in [5.74, 6) is -2.00. The van der Waals surface area contributed by atoms with Crippen molar-refractivity contribution in [2.45, 2.75) is 32.1 Å². The smallest absolute Gasteiger partial charge is 0.335 e. The van der Waals surface area contributed by atoms with Crippen LogP contribution in [-0.2, 0) is 9.59 Å². The highest BCUT2D eigenvalue weighted by Gasteiger charge is 2.07. The predicted molar refractivity (Wildman–Crippen MR) is 69.8 cm³/mol. The van der Waals surface area contributed by atoms with Gasteiger partial charge in [0, 0.05) is 12.8 Å². The first-order valence-corrected chi connectivity index (χ1v) is 6.25. The van der Waals surface area contributed by atoms with E-state index in [9.17, 15) is 14.4 Å². The van der Waals surface area contributed by atoms with Gasteiger partial charge in [0.15, 0.2) is 0 Å². The summed E-state index contributed by atoms with van der Waals surface area (Å²) in [6, 6.07) is 5.56. The Morgan fingerprint density at radius 1 is 0.900 bits per heavy atom. The van der Waals surface area contributed by atoms with Gasteiger partial charge in [0.2, 0.25) is 0 Å². The Balaban J connectivity index is 2.28. The van der Waals surface area contributed by atoms with E-state index >= 15 is 0 Å². The van der Waals surface area contributed by atoms with Crippen LogP contribution in [0.2, 0.25) is 0 Å². The Labute approximate surface area is 116 Å². The summed E-state index contributed by atoms with van der Waals surface area (Å²) < 4.78 is 5.03. The summed E-state index contributed by atoms with van der Waals surface area (Å²) >= 11 is 0. The maximum atomic E-state index is 11.5. The standard InChI is InChI=1S/C14H16O6/c15-12(16)4-2-1-3-5-13(17)20-11-8-6-10(7-9-11)14(18)19/h6-9H,1-5H2,(H,15,16)(H,18,19). The van der Waals surface area contributed by atoms with E-state index < -0.39 is 17.9 Å². The molecular weight excluding hydrogens is 264 g/mol. The van der Waals surface area contributed by atoms with Gasteiger partial charge < -0.3 is 14.9 Å². The SMILES string of the molecule is O=C(O)CCCCCC(=O)Oc1ccc(C(=O)O)cc1. The maximum Gasteiger partial charge on any atom is 0.335 e.